The zero-order chi connectivity index (χ0) is 27.0. The molecule has 3 rings (SSSR count). The lowest BCUT2D eigenvalue weighted by Gasteiger charge is -2.24. The molecule has 0 spiro atoms. The normalized spacial score (nSPS) is 11.8. The number of nitrogens with zero attached hydrogens (tertiary/aromatic N) is 1. The standard InChI is InChI=1S/C27H30N4O6/c1-5-36-25(34)18-11-13-19(14-12-18)30-23(32)21-22(29-16-28-21)24(33)31-20(26(35)37-27(2,3)4)15-17-9-7-6-8-10-17/h6-14,16,20H,5,15H2,1-4H3,(H,28,29)(H,30,32)(H,31,33)/t20-/m0/s1. The van der Waals surface area contributed by atoms with Crippen LogP contribution in [-0.4, -0.2) is 52.0 Å². The Morgan fingerprint density at radius 1 is 0.973 bits per heavy atom. The zero-order valence-electron chi connectivity index (χ0n) is 21.2. The van der Waals surface area contributed by atoms with Crippen LogP contribution in [0.3, 0.4) is 0 Å². The predicted octanol–water partition coefficient (Wildman–Crippen LogP) is 3.52. The number of anilines is 1. The maximum Gasteiger partial charge on any atom is 0.338 e. The van der Waals surface area contributed by atoms with E-state index in [1.54, 1.807) is 27.7 Å². The van der Waals surface area contributed by atoms with Gasteiger partial charge in [0.2, 0.25) is 0 Å². The average Bonchev–Trinajstić information content (AvgIpc) is 3.34. The van der Waals surface area contributed by atoms with Gasteiger partial charge in [-0.25, -0.2) is 14.6 Å². The highest BCUT2D eigenvalue weighted by molar-refractivity contribution is 6.10. The van der Waals surface area contributed by atoms with Crippen LogP contribution in [0.15, 0.2) is 60.9 Å². The van der Waals surface area contributed by atoms with E-state index < -0.39 is 35.4 Å². The number of aromatic amines is 1. The molecular formula is C27H30N4O6. The smallest absolute Gasteiger partial charge is 0.338 e. The molecule has 0 saturated heterocycles. The molecule has 3 N–H and O–H groups in total. The Labute approximate surface area is 214 Å². The molecule has 0 bridgehead atoms. The van der Waals surface area contributed by atoms with E-state index in [4.69, 9.17) is 9.47 Å². The number of imidazole rings is 1. The van der Waals surface area contributed by atoms with Crippen molar-refractivity contribution in [3.8, 4) is 0 Å². The Morgan fingerprint density at radius 2 is 1.65 bits per heavy atom. The summed E-state index contributed by atoms with van der Waals surface area (Å²) in [4.78, 5) is 57.3. The Morgan fingerprint density at radius 3 is 2.27 bits per heavy atom. The Balaban J connectivity index is 1.74. The summed E-state index contributed by atoms with van der Waals surface area (Å²) in [6.07, 6.45) is 1.41. The maximum atomic E-state index is 13.1. The predicted molar refractivity (Wildman–Crippen MR) is 136 cm³/mol. The molecule has 1 heterocycles. The number of benzene rings is 2. The highest BCUT2D eigenvalue weighted by Gasteiger charge is 2.29. The lowest BCUT2D eigenvalue weighted by Crippen LogP contribution is -2.46. The number of hydrogen-bond donors (Lipinski definition) is 3. The second-order valence-corrected chi connectivity index (χ2v) is 9.13. The Hall–Kier alpha value is -4.47. The minimum absolute atomic E-state index is 0.109. The summed E-state index contributed by atoms with van der Waals surface area (Å²) >= 11 is 0. The number of hydrogen-bond acceptors (Lipinski definition) is 7. The molecule has 0 fully saturated rings. The summed E-state index contributed by atoms with van der Waals surface area (Å²) in [7, 11) is 0. The van der Waals surface area contributed by atoms with Gasteiger partial charge in [0, 0.05) is 12.1 Å². The third-order valence-corrected chi connectivity index (χ3v) is 5.01. The molecule has 0 unspecified atom stereocenters. The highest BCUT2D eigenvalue weighted by Crippen LogP contribution is 2.15. The van der Waals surface area contributed by atoms with E-state index in [-0.39, 0.29) is 24.4 Å². The van der Waals surface area contributed by atoms with E-state index in [1.807, 2.05) is 30.3 Å². The van der Waals surface area contributed by atoms with Crippen LogP contribution >= 0.6 is 0 Å². The minimum Gasteiger partial charge on any atom is -0.462 e. The Kier molecular flexibility index (Phi) is 8.78. The highest BCUT2D eigenvalue weighted by atomic mass is 16.6. The lowest BCUT2D eigenvalue weighted by molar-refractivity contribution is -0.157. The fourth-order valence-electron chi connectivity index (χ4n) is 3.38. The van der Waals surface area contributed by atoms with Gasteiger partial charge < -0.3 is 25.1 Å². The van der Waals surface area contributed by atoms with Crippen molar-refractivity contribution in [3.63, 3.8) is 0 Å². The number of esters is 2. The first-order valence-electron chi connectivity index (χ1n) is 11.8. The first-order valence-corrected chi connectivity index (χ1v) is 11.8. The molecule has 0 aliphatic carbocycles. The topological polar surface area (TPSA) is 139 Å². The van der Waals surface area contributed by atoms with Gasteiger partial charge in [-0.15, -0.1) is 0 Å². The quantitative estimate of drug-likeness (QED) is 0.377. The molecule has 194 valence electrons. The fourth-order valence-corrected chi connectivity index (χ4v) is 3.38. The van der Waals surface area contributed by atoms with Gasteiger partial charge in [0.05, 0.1) is 18.5 Å². The van der Waals surface area contributed by atoms with Crippen LogP contribution in [-0.2, 0) is 20.7 Å². The summed E-state index contributed by atoms with van der Waals surface area (Å²) in [5.41, 5.74) is 0.539. The number of amides is 2. The van der Waals surface area contributed by atoms with Crippen molar-refractivity contribution < 1.29 is 28.7 Å². The second-order valence-electron chi connectivity index (χ2n) is 9.13. The van der Waals surface area contributed by atoms with Gasteiger partial charge in [-0.05, 0) is 57.5 Å². The van der Waals surface area contributed by atoms with Crippen LogP contribution < -0.4 is 10.6 Å². The van der Waals surface area contributed by atoms with Gasteiger partial charge in [-0.1, -0.05) is 30.3 Å². The van der Waals surface area contributed by atoms with E-state index in [0.29, 0.717) is 11.3 Å². The van der Waals surface area contributed by atoms with Gasteiger partial charge in [0.15, 0.2) is 5.69 Å². The van der Waals surface area contributed by atoms with Crippen molar-refractivity contribution in [2.75, 3.05) is 11.9 Å². The summed E-state index contributed by atoms with van der Waals surface area (Å²) in [6.45, 7) is 7.18. The first-order chi connectivity index (χ1) is 17.6. The summed E-state index contributed by atoms with van der Waals surface area (Å²) < 4.78 is 10.4. The number of nitrogens with one attached hydrogen (secondary N) is 3. The number of carbonyl (C=O) groups is 4. The number of rotatable bonds is 9. The molecule has 0 aliphatic heterocycles. The molecule has 10 heteroatoms. The fraction of sp³-hybridized carbons (Fsp3) is 0.296. The summed E-state index contributed by atoms with van der Waals surface area (Å²) in [6, 6.07) is 14.3. The average molecular weight is 507 g/mol. The van der Waals surface area contributed by atoms with Crippen molar-refractivity contribution >= 4 is 29.4 Å². The third-order valence-electron chi connectivity index (χ3n) is 5.01. The Bertz CT molecular complexity index is 1250. The second kappa shape index (κ2) is 12.0. The van der Waals surface area contributed by atoms with Crippen molar-refractivity contribution in [3.05, 3.63) is 83.4 Å². The van der Waals surface area contributed by atoms with Crippen LogP contribution in [0.1, 0.15) is 64.6 Å². The van der Waals surface area contributed by atoms with Gasteiger partial charge in [0.25, 0.3) is 11.8 Å². The van der Waals surface area contributed by atoms with Gasteiger partial charge in [-0.3, -0.25) is 9.59 Å². The molecule has 0 saturated carbocycles. The third kappa shape index (κ3) is 7.76. The number of carbonyl (C=O) groups excluding carboxylic acids is 4. The minimum atomic E-state index is -0.997. The molecule has 2 amide bonds. The molecule has 37 heavy (non-hydrogen) atoms. The number of ether oxygens (including phenoxy) is 2. The zero-order valence-corrected chi connectivity index (χ0v) is 21.2. The van der Waals surface area contributed by atoms with E-state index in [1.165, 1.54) is 30.6 Å². The molecule has 0 aliphatic rings. The van der Waals surface area contributed by atoms with E-state index in [9.17, 15) is 19.2 Å². The molecule has 1 aromatic heterocycles. The van der Waals surface area contributed by atoms with Crippen LogP contribution in [0.5, 0.6) is 0 Å². The van der Waals surface area contributed by atoms with Gasteiger partial charge >= 0.3 is 11.9 Å². The lowest BCUT2D eigenvalue weighted by atomic mass is 10.1. The van der Waals surface area contributed by atoms with Crippen LogP contribution in [0.25, 0.3) is 0 Å². The van der Waals surface area contributed by atoms with Crippen molar-refractivity contribution in [2.24, 2.45) is 0 Å². The van der Waals surface area contributed by atoms with Gasteiger partial charge in [-0.2, -0.15) is 0 Å². The molecule has 1 atom stereocenters. The van der Waals surface area contributed by atoms with E-state index >= 15 is 0 Å². The molecule has 2 aromatic carbocycles. The first kappa shape index (κ1) is 27.1. The van der Waals surface area contributed by atoms with Crippen LogP contribution in [0.2, 0.25) is 0 Å². The van der Waals surface area contributed by atoms with Crippen molar-refractivity contribution in [1.29, 1.82) is 0 Å². The van der Waals surface area contributed by atoms with Crippen molar-refractivity contribution in [1.82, 2.24) is 15.3 Å². The monoisotopic (exact) mass is 506 g/mol. The molecule has 10 nitrogen and oxygen atoms in total. The van der Waals surface area contributed by atoms with E-state index in [2.05, 4.69) is 20.6 Å². The molecule has 0 radical (unpaired) electrons. The number of aromatic nitrogens is 2. The van der Waals surface area contributed by atoms with Crippen LogP contribution in [0, 0.1) is 0 Å². The molecular weight excluding hydrogens is 476 g/mol. The van der Waals surface area contributed by atoms with Crippen LogP contribution in [0.4, 0.5) is 5.69 Å². The van der Waals surface area contributed by atoms with Gasteiger partial charge in [0.1, 0.15) is 17.3 Å². The maximum absolute atomic E-state index is 13.1. The molecule has 3 aromatic rings. The van der Waals surface area contributed by atoms with E-state index in [0.717, 1.165) is 5.56 Å². The number of H-pyrrole nitrogens is 1. The summed E-state index contributed by atoms with van der Waals surface area (Å²) in [5.74, 6) is -2.40. The SMILES string of the molecule is CCOC(=O)c1ccc(NC(=O)c2nc[nH]c2C(=O)N[C@@H](Cc2ccccc2)C(=O)OC(C)(C)C)cc1. The largest absolute Gasteiger partial charge is 0.462 e. The summed E-state index contributed by atoms with van der Waals surface area (Å²) in [5, 5.41) is 5.30. The van der Waals surface area contributed by atoms with Crippen molar-refractivity contribution in [2.45, 2.75) is 45.8 Å².